The summed E-state index contributed by atoms with van der Waals surface area (Å²) in [5, 5.41) is 2.20. The van der Waals surface area contributed by atoms with E-state index in [1.54, 1.807) is 13.8 Å². The highest BCUT2D eigenvalue weighted by Gasteiger charge is 2.34. The summed E-state index contributed by atoms with van der Waals surface area (Å²) in [5.41, 5.74) is -1.65. The number of ether oxygens (including phenoxy) is 1. The van der Waals surface area contributed by atoms with E-state index in [-0.39, 0.29) is 29.3 Å². The normalized spacial score (nSPS) is 12.1. The average molecular weight is 430 g/mol. The Bertz CT molecular complexity index is 987. The van der Waals surface area contributed by atoms with Crippen LogP contribution in [0.15, 0.2) is 47.4 Å². The fourth-order valence-corrected chi connectivity index (χ4v) is 4.25. The molecule has 0 atom stereocenters. The molecule has 2 aromatic carbocycles. The van der Waals surface area contributed by atoms with Crippen molar-refractivity contribution < 1.29 is 31.1 Å². The number of carbonyl (C=O) groups is 1. The lowest BCUT2D eigenvalue weighted by Gasteiger charge is -2.19. The van der Waals surface area contributed by atoms with E-state index in [2.05, 4.69) is 5.32 Å². The second kappa shape index (κ2) is 8.83. The summed E-state index contributed by atoms with van der Waals surface area (Å²) < 4.78 is 71.2. The van der Waals surface area contributed by atoms with Gasteiger partial charge in [0.2, 0.25) is 10.0 Å². The SMILES string of the molecule is CCN(CC)S(=O)(=O)c1ccc(OC)c(C(=O)Nc2ccccc2C(F)(F)F)c1. The van der Waals surface area contributed by atoms with Gasteiger partial charge in [-0.25, -0.2) is 8.42 Å². The lowest BCUT2D eigenvalue weighted by atomic mass is 10.1. The fraction of sp³-hybridized carbons (Fsp3) is 0.316. The van der Waals surface area contributed by atoms with Gasteiger partial charge >= 0.3 is 6.18 Å². The standard InChI is InChI=1S/C19H21F3N2O4S/c1-4-24(5-2)29(26,27)13-10-11-17(28-3)14(12-13)18(25)23-16-9-7-6-8-15(16)19(20,21)22/h6-12H,4-5H2,1-3H3,(H,23,25). The van der Waals surface area contributed by atoms with Crippen molar-refractivity contribution in [1.29, 1.82) is 0 Å². The van der Waals surface area contributed by atoms with Gasteiger partial charge in [-0.1, -0.05) is 26.0 Å². The Kier molecular flexibility index (Phi) is 6.91. The van der Waals surface area contributed by atoms with Crippen molar-refractivity contribution in [3.8, 4) is 5.75 Å². The minimum Gasteiger partial charge on any atom is -0.496 e. The molecule has 0 aliphatic heterocycles. The molecule has 0 unspecified atom stereocenters. The van der Waals surface area contributed by atoms with E-state index >= 15 is 0 Å². The Balaban J connectivity index is 2.48. The predicted octanol–water partition coefficient (Wildman–Crippen LogP) is 4.00. The number of hydrogen-bond acceptors (Lipinski definition) is 4. The topological polar surface area (TPSA) is 75.7 Å². The molecule has 0 heterocycles. The van der Waals surface area contributed by atoms with E-state index in [0.717, 1.165) is 18.2 Å². The summed E-state index contributed by atoms with van der Waals surface area (Å²) in [7, 11) is -2.60. The van der Waals surface area contributed by atoms with Gasteiger partial charge in [-0.05, 0) is 30.3 Å². The van der Waals surface area contributed by atoms with Crippen LogP contribution >= 0.6 is 0 Å². The monoisotopic (exact) mass is 430 g/mol. The van der Waals surface area contributed by atoms with Gasteiger partial charge in [0.05, 0.1) is 28.8 Å². The molecule has 0 saturated carbocycles. The number of nitrogens with zero attached hydrogens (tertiary/aromatic N) is 1. The number of sulfonamides is 1. The summed E-state index contributed by atoms with van der Waals surface area (Å²) >= 11 is 0. The zero-order valence-electron chi connectivity index (χ0n) is 16.1. The van der Waals surface area contributed by atoms with Crippen LogP contribution in [0.4, 0.5) is 18.9 Å². The Morgan fingerprint density at radius 2 is 1.72 bits per heavy atom. The highest BCUT2D eigenvalue weighted by atomic mass is 32.2. The highest BCUT2D eigenvalue weighted by Crippen LogP contribution is 2.35. The highest BCUT2D eigenvalue weighted by molar-refractivity contribution is 7.89. The largest absolute Gasteiger partial charge is 0.496 e. The number of methoxy groups -OCH3 is 1. The molecule has 0 saturated heterocycles. The number of para-hydroxylation sites is 1. The molecule has 0 spiro atoms. The molecular weight excluding hydrogens is 409 g/mol. The Labute approximate surface area is 167 Å². The molecule has 0 aromatic heterocycles. The Morgan fingerprint density at radius 3 is 2.28 bits per heavy atom. The van der Waals surface area contributed by atoms with Crippen LogP contribution in [-0.2, 0) is 16.2 Å². The number of hydrogen-bond donors (Lipinski definition) is 1. The molecule has 0 bridgehead atoms. The van der Waals surface area contributed by atoms with Crippen molar-refractivity contribution in [2.45, 2.75) is 24.9 Å². The van der Waals surface area contributed by atoms with E-state index in [1.807, 2.05) is 0 Å². The van der Waals surface area contributed by atoms with Gasteiger partial charge in [0.15, 0.2) is 0 Å². The maximum Gasteiger partial charge on any atom is 0.418 e. The van der Waals surface area contributed by atoms with Crippen molar-refractivity contribution in [2.24, 2.45) is 0 Å². The molecule has 0 radical (unpaired) electrons. The van der Waals surface area contributed by atoms with Crippen molar-refractivity contribution in [3.05, 3.63) is 53.6 Å². The number of halogens is 3. The lowest BCUT2D eigenvalue weighted by molar-refractivity contribution is -0.136. The molecule has 10 heteroatoms. The second-order valence-corrected chi connectivity index (χ2v) is 7.89. The minimum atomic E-state index is -4.66. The third-order valence-corrected chi connectivity index (χ3v) is 6.29. The molecule has 1 N–H and O–H groups in total. The maximum absolute atomic E-state index is 13.2. The minimum absolute atomic E-state index is 0.0329. The van der Waals surface area contributed by atoms with Crippen LogP contribution < -0.4 is 10.1 Å². The summed E-state index contributed by atoms with van der Waals surface area (Å²) in [6, 6.07) is 8.18. The summed E-state index contributed by atoms with van der Waals surface area (Å²) in [4.78, 5) is 12.5. The molecule has 2 rings (SSSR count). The molecule has 6 nitrogen and oxygen atoms in total. The predicted molar refractivity (Wildman–Crippen MR) is 102 cm³/mol. The van der Waals surface area contributed by atoms with Gasteiger partial charge in [0, 0.05) is 13.1 Å². The molecule has 2 aromatic rings. The fourth-order valence-electron chi connectivity index (χ4n) is 2.77. The summed E-state index contributed by atoms with van der Waals surface area (Å²) in [6.45, 7) is 3.80. The lowest BCUT2D eigenvalue weighted by Crippen LogP contribution is -2.30. The van der Waals surface area contributed by atoms with Crippen LogP contribution in [0.1, 0.15) is 29.8 Å². The first-order valence-electron chi connectivity index (χ1n) is 8.72. The van der Waals surface area contributed by atoms with E-state index in [4.69, 9.17) is 4.74 Å². The number of nitrogens with one attached hydrogen (secondary N) is 1. The smallest absolute Gasteiger partial charge is 0.418 e. The van der Waals surface area contributed by atoms with E-state index in [1.165, 1.54) is 35.7 Å². The van der Waals surface area contributed by atoms with Gasteiger partial charge in [0.25, 0.3) is 5.91 Å². The Morgan fingerprint density at radius 1 is 1.10 bits per heavy atom. The van der Waals surface area contributed by atoms with Gasteiger partial charge in [0.1, 0.15) is 5.75 Å². The van der Waals surface area contributed by atoms with Crippen molar-refractivity contribution >= 4 is 21.6 Å². The van der Waals surface area contributed by atoms with Crippen molar-refractivity contribution in [3.63, 3.8) is 0 Å². The number of carbonyl (C=O) groups excluding carboxylic acids is 1. The maximum atomic E-state index is 13.2. The van der Waals surface area contributed by atoms with E-state index in [0.29, 0.717) is 0 Å². The second-order valence-electron chi connectivity index (χ2n) is 5.95. The number of rotatable bonds is 7. The third kappa shape index (κ3) is 4.88. The number of benzene rings is 2. The van der Waals surface area contributed by atoms with Gasteiger partial charge in [-0.2, -0.15) is 17.5 Å². The zero-order valence-corrected chi connectivity index (χ0v) is 16.9. The first kappa shape index (κ1) is 22.7. The van der Waals surface area contributed by atoms with Crippen LogP contribution in [0.25, 0.3) is 0 Å². The van der Waals surface area contributed by atoms with Crippen LogP contribution in [-0.4, -0.2) is 38.8 Å². The molecular formula is C19H21F3N2O4S. The van der Waals surface area contributed by atoms with Crippen LogP contribution in [0.2, 0.25) is 0 Å². The molecule has 29 heavy (non-hydrogen) atoms. The first-order chi connectivity index (χ1) is 13.6. The molecule has 1 amide bonds. The van der Waals surface area contributed by atoms with E-state index in [9.17, 15) is 26.4 Å². The Hall–Kier alpha value is -2.59. The quantitative estimate of drug-likeness (QED) is 0.721. The van der Waals surface area contributed by atoms with Gasteiger partial charge in [-0.15, -0.1) is 0 Å². The molecule has 158 valence electrons. The first-order valence-corrected chi connectivity index (χ1v) is 10.2. The number of amides is 1. The van der Waals surface area contributed by atoms with E-state index < -0.39 is 33.4 Å². The van der Waals surface area contributed by atoms with Crippen LogP contribution in [0, 0.1) is 0 Å². The van der Waals surface area contributed by atoms with Crippen LogP contribution in [0.3, 0.4) is 0 Å². The molecule has 0 aliphatic rings. The molecule has 0 fully saturated rings. The summed E-state index contributed by atoms with van der Waals surface area (Å²) in [6.07, 6.45) is -4.66. The van der Waals surface area contributed by atoms with Gasteiger partial charge < -0.3 is 10.1 Å². The number of anilines is 1. The summed E-state index contributed by atoms with van der Waals surface area (Å²) in [5.74, 6) is -0.888. The number of alkyl halides is 3. The van der Waals surface area contributed by atoms with Crippen LogP contribution in [0.5, 0.6) is 5.75 Å². The third-order valence-electron chi connectivity index (χ3n) is 4.24. The average Bonchev–Trinajstić information content (AvgIpc) is 2.67. The van der Waals surface area contributed by atoms with Crippen molar-refractivity contribution in [1.82, 2.24) is 4.31 Å². The van der Waals surface area contributed by atoms with Gasteiger partial charge in [-0.3, -0.25) is 4.79 Å². The molecule has 0 aliphatic carbocycles. The van der Waals surface area contributed by atoms with Crippen molar-refractivity contribution in [2.75, 3.05) is 25.5 Å². The zero-order chi connectivity index (χ0) is 21.8.